The molecule has 0 aliphatic heterocycles. The lowest BCUT2D eigenvalue weighted by molar-refractivity contribution is 0.683. The highest BCUT2D eigenvalue weighted by Gasteiger charge is 2.01. The van der Waals surface area contributed by atoms with Gasteiger partial charge in [-0.1, -0.05) is 24.3 Å². The molecule has 6 nitrogen and oxygen atoms in total. The fraction of sp³-hybridized carbons (Fsp3) is 0.471. The van der Waals surface area contributed by atoms with E-state index in [9.17, 15) is 0 Å². The number of nitrogens with one attached hydrogen (secondary N) is 2. The molecule has 0 fully saturated rings. The second-order valence-corrected chi connectivity index (χ2v) is 6.45. The summed E-state index contributed by atoms with van der Waals surface area (Å²) in [7, 11) is 1.80. The van der Waals surface area contributed by atoms with Crippen molar-refractivity contribution in [2.45, 2.75) is 25.9 Å². The minimum atomic E-state index is 0.732. The summed E-state index contributed by atoms with van der Waals surface area (Å²) in [5, 5.41) is 10.9. The second-order valence-electron chi connectivity index (χ2n) is 5.47. The Labute approximate surface area is 148 Å². The third-order valence-electron chi connectivity index (χ3n) is 3.55. The maximum absolute atomic E-state index is 4.27. The van der Waals surface area contributed by atoms with Crippen LogP contribution in [0.25, 0.3) is 0 Å². The predicted octanol–water partition coefficient (Wildman–Crippen LogP) is 2.13. The molecule has 0 unspecified atom stereocenters. The maximum Gasteiger partial charge on any atom is 0.191 e. The molecule has 2 rings (SSSR count). The molecule has 0 spiro atoms. The molecule has 130 valence electrons. The number of hydrogen-bond acceptors (Lipinski definition) is 4. The molecular weight excluding hydrogens is 320 g/mol. The average Bonchev–Trinajstić information content (AvgIpc) is 3.11. The molecule has 1 aromatic heterocycles. The lowest BCUT2D eigenvalue weighted by Gasteiger charge is -2.12. The molecule has 0 bridgehead atoms. The standard InChI is InChI=1S/C17H26N6S/c1-18-17(20-8-3-4-9-24-2)21-11-15-6-5-7-16(10-15)12-23-14-19-13-22-23/h5-7,10,13-14H,3-4,8-9,11-12H2,1-2H3,(H2,18,20,21). The predicted molar refractivity (Wildman–Crippen MR) is 101 cm³/mol. The highest BCUT2D eigenvalue weighted by Crippen LogP contribution is 2.06. The molecule has 2 aromatic rings. The van der Waals surface area contributed by atoms with Crippen molar-refractivity contribution in [1.82, 2.24) is 25.4 Å². The zero-order chi connectivity index (χ0) is 17.0. The molecule has 0 saturated heterocycles. The number of hydrogen-bond donors (Lipinski definition) is 2. The highest BCUT2D eigenvalue weighted by atomic mass is 32.2. The van der Waals surface area contributed by atoms with Crippen molar-refractivity contribution in [3.8, 4) is 0 Å². The topological polar surface area (TPSA) is 67.1 Å². The first-order valence-electron chi connectivity index (χ1n) is 8.15. The monoisotopic (exact) mass is 346 g/mol. The van der Waals surface area contributed by atoms with Gasteiger partial charge in [0.15, 0.2) is 5.96 Å². The van der Waals surface area contributed by atoms with Crippen molar-refractivity contribution < 1.29 is 0 Å². The van der Waals surface area contributed by atoms with Gasteiger partial charge in [0, 0.05) is 20.1 Å². The minimum Gasteiger partial charge on any atom is -0.356 e. The molecular formula is C17H26N6S. The number of rotatable bonds is 9. The first-order valence-corrected chi connectivity index (χ1v) is 9.55. The van der Waals surface area contributed by atoms with E-state index in [1.807, 2.05) is 16.4 Å². The minimum absolute atomic E-state index is 0.732. The van der Waals surface area contributed by atoms with Crippen LogP contribution in [0, 0.1) is 0 Å². The van der Waals surface area contributed by atoms with Gasteiger partial charge in [-0.05, 0) is 36.0 Å². The van der Waals surface area contributed by atoms with Crippen LogP contribution in [-0.4, -0.2) is 46.3 Å². The van der Waals surface area contributed by atoms with Crippen LogP contribution in [-0.2, 0) is 13.1 Å². The van der Waals surface area contributed by atoms with Gasteiger partial charge in [0.1, 0.15) is 12.7 Å². The van der Waals surface area contributed by atoms with E-state index in [0.29, 0.717) is 0 Å². The van der Waals surface area contributed by atoms with Crippen molar-refractivity contribution >= 4 is 17.7 Å². The molecule has 0 radical (unpaired) electrons. The van der Waals surface area contributed by atoms with E-state index in [1.54, 1.807) is 19.7 Å². The van der Waals surface area contributed by atoms with Crippen molar-refractivity contribution in [3.05, 3.63) is 48.0 Å². The van der Waals surface area contributed by atoms with Gasteiger partial charge in [0.2, 0.25) is 0 Å². The molecule has 0 atom stereocenters. The van der Waals surface area contributed by atoms with Crippen LogP contribution in [0.4, 0.5) is 0 Å². The van der Waals surface area contributed by atoms with Gasteiger partial charge in [-0.3, -0.25) is 4.99 Å². The molecule has 24 heavy (non-hydrogen) atoms. The quantitative estimate of drug-likeness (QED) is 0.414. The zero-order valence-electron chi connectivity index (χ0n) is 14.4. The van der Waals surface area contributed by atoms with Crippen LogP contribution >= 0.6 is 11.8 Å². The number of aromatic nitrogens is 3. The molecule has 1 aromatic carbocycles. The number of benzene rings is 1. The molecule has 7 heteroatoms. The molecule has 2 N–H and O–H groups in total. The Morgan fingerprint density at radius 2 is 2.12 bits per heavy atom. The average molecular weight is 347 g/mol. The summed E-state index contributed by atoms with van der Waals surface area (Å²) in [6.07, 6.45) is 7.82. The van der Waals surface area contributed by atoms with Crippen LogP contribution in [0.5, 0.6) is 0 Å². The Hall–Kier alpha value is -2.02. The summed E-state index contributed by atoms with van der Waals surface area (Å²) in [4.78, 5) is 8.24. The number of nitrogens with zero attached hydrogens (tertiary/aromatic N) is 4. The third-order valence-corrected chi connectivity index (χ3v) is 4.25. The van der Waals surface area contributed by atoms with E-state index in [-0.39, 0.29) is 0 Å². The van der Waals surface area contributed by atoms with E-state index >= 15 is 0 Å². The largest absolute Gasteiger partial charge is 0.356 e. The first-order chi connectivity index (χ1) is 11.8. The van der Waals surface area contributed by atoms with Gasteiger partial charge in [0.25, 0.3) is 0 Å². The van der Waals surface area contributed by atoms with Crippen LogP contribution in [0.15, 0.2) is 41.9 Å². The number of unbranched alkanes of at least 4 members (excludes halogenated alkanes) is 1. The normalized spacial score (nSPS) is 11.5. The summed E-state index contributed by atoms with van der Waals surface area (Å²) in [5.41, 5.74) is 2.43. The lowest BCUT2D eigenvalue weighted by Crippen LogP contribution is -2.37. The smallest absolute Gasteiger partial charge is 0.191 e. The zero-order valence-corrected chi connectivity index (χ0v) is 15.2. The SMILES string of the molecule is CN=C(NCCCCSC)NCc1cccc(Cn2cncn2)c1. The van der Waals surface area contributed by atoms with Crippen molar-refractivity contribution in [2.75, 3.05) is 25.6 Å². The van der Waals surface area contributed by atoms with Crippen LogP contribution in [0.3, 0.4) is 0 Å². The Kier molecular flexibility index (Phi) is 8.17. The third kappa shape index (κ3) is 6.62. The summed E-state index contributed by atoms with van der Waals surface area (Å²) < 4.78 is 1.82. The van der Waals surface area contributed by atoms with Gasteiger partial charge >= 0.3 is 0 Å². The number of thioether (sulfide) groups is 1. The van der Waals surface area contributed by atoms with Gasteiger partial charge in [-0.15, -0.1) is 0 Å². The second kappa shape index (κ2) is 10.7. The highest BCUT2D eigenvalue weighted by molar-refractivity contribution is 7.98. The van der Waals surface area contributed by atoms with Crippen LogP contribution in [0.1, 0.15) is 24.0 Å². The first kappa shape index (κ1) is 18.3. The van der Waals surface area contributed by atoms with E-state index < -0.39 is 0 Å². The van der Waals surface area contributed by atoms with E-state index in [4.69, 9.17) is 0 Å². The van der Waals surface area contributed by atoms with Gasteiger partial charge in [-0.2, -0.15) is 16.9 Å². The molecule has 0 aliphatic carbocycles. The molecule has 1 heterocycles. The van der Waals surface area contributed by atoms with Crippen LogP contribution in [0.2, 0.25) is 0 Å². The van der Waals surface area contributed by atoms with Gasteiger partial charge in [-0.25, -0.2) is 9.67 Å². The van der Waals surface area contributed by atoms with E-state index in [0.717, 1.165) is 32.0 Å². The Bertz CT molecular complexity index is 611. The van der Waals surface area contributed by atoms with Crippen LogP contribution < -0.4 is 10.6 Å². The van der Waals surface area contributed by atoms with Crippen molar-refractivity contribution in [1.29, 1.82) is 0 Å². The van der Waals surface area contributed by atoms with Gasteiger partial charge in [0.05, 0.1) is 6.54 Å². The molecule has 0 saturated carbocycles. The summed E-state index contributed by atoms with van der Waals surface area (Å²) >= 11 is 1.89. The fourth-order valence-corrected chi connectivity index (χ4v) is 2.82. The summed E-state index contributed by atoms with van der Waals surface area (Å²) in [6, 6.07) is 8.47. The number of aliphatic imine (C=N–C) groups is 1. The van der Waals surface area contributed by atoms with Gasteiger partial charge < -0.3 is 10.6 Å². The van der Waals surface area contributed by atoms with E-state index in [1.165, 1.54) is 23.3 Å². The maximum atomic E-state index is 4.27. The van der Waals surface area contributed by atoms with E-state index in [2.05, 4.69) is 56.2 Å². The number of guanidine groups is 1. The van der Waals surface area contributed by atoms with Crippen molar-refractivity contribution in [3.63, 3.8) is 0 Å². The molecule has 0 amide bonds. The summed E-state index contributed by atoms with van der Waals surface area (Å²) in [6.45, 7) is 2.43. The molecule has 0 aliphatic rings. The Morgan fingerprint density at radius 1 is 1.25 bits per heavy atom. The Balaban J connectivity index is 1.78. The fourth-order valence-electron chi connectivity index (χ4n) is 2.32. The Morgan fingerprint density at radius 3 is 2.88 bits per heavy atom. The summed E-state index contributed by atoms with van der Waals surface area (Å²) in [5.74, 6) is 2.06. The lowest BCUT2D eigenvalue weighted by atomic mass is 10.1. The van der Waals surface area contributed by atoms with Crippen molar-refractivity contribution in [2.24, 2.45) is 4.99 Å².